The fraction of sp³-hybridized carbons (Fsp3) is 0.176. The van der Waals surface area contributed by atoms with Gasteiger partial charge in [0.25, 0.3) is 5.91 Å². The minimum absolute atomic E-state index is 0.309. The first-order chi connectivity index (χ1) is 10.9. The van der Waals surface area contributed by atoms with E-state index in [4.69, 9.17) is 0 Å². The predicted octanol–water partition coefficient (Wildman–Crippen LogP) is 2.12. The van der Waals surface area contributed by atoms with Crippen molar-refractivity contribution in [3.8, 4) is 11.1 Å². The van der Waals surface area contributed by atoms with Crippen LogP contribution in [0.1, 0.15) is 18.6 Å². The monoisotopic (exact) mass is 314 g/mol. The van der Waals surface area contributed by atoms with Crippen molar-refractivity contribution < 1.29 is 19.1 Å². The number of hydrogen-bond donors (Lipinski definition) is 3. The number of rotatable bonds is 3. The van der Waals surface area contributed by atoms with Gasteiger partial charge in [-0.15, -0.1) is 0 Å². The standard InChI is InChI=1S/C17H15FN2O3/c1-17(15(22)19-16(23)20-17)14(21)12-4-2-10(3-5-12)11-6-8-13(18)9-7-11/h2-9,14,21H,1H3,(H2,19,20,22,23). The molecule has 2 aromatic carbocycles. The van der Waals surface area contributed by atoms with Gasteiger partial charge in [0.2, 0.25) is 0 Å². The summed E-state index contributed by atoms with van der Waals surface area (Å²) in [4.78, 5) is 23.1. The fourth-order valence-electron chi connectivity index (χ4n) is 2.58. The van der Waals surface area contributed by atoms with E-state index in [1.807, 2.05) is 0 Å². The van der Waals surface area contributed by atoms with Crippen LogP contribution in [0.4, 0.5) is 9.18 Å². The molecule has 1 aliphatic heterocycles. The molecule has 0 radical (unpaired) electrons. The number of aliphatic hydroxyl groups is 1. The zero-order chi connectivity index (χ0) is 16.6. The number of hydrogen-bond acceptors (Lipinski definition) is 3. The molecule has 6 heteroatoms. The first-order valence-corrected chi connectivity index (χ1v) is 7.08. The first-order valence-electron chi connectivity index (χ1n) is 7.08. The molecule has 2 unspecified atom stereocenters. The largest absolute Gasteiger partial charge is 0.385 e. The van der Waals surface area contributed by atoms with Crippen LogP contribution < -0.4 is 10.6 Å². The minimum Gasteiger partial charge on any atom is -0.385 e. The summed E-state index contributed by atoms with van der Waals surface area (Å²) in [6, 6.07) is 12.3. The van der Waals surface area contributed by atoms with Crippen LogP contribution >= 0.6 is 0 Å². The van der Waals surface area contributed by atoms with Crippen LogP contribution in [0.5, 0.6) is 0 Å². The van der Waals surface area contributed by atoms with Gasteiger partial charge in [0.15, 0.2) is 0 Å². The molecule has 2 aromatic rings. The number of benzene rings is 2. The summed E-state index contributed by atoms with van der Waals surface area (Å²) in [5.41, 5.74) is 0.779. The zero-order valence-corrected chi connectivity index (χ0v) is 12.3. The highest BCUT2D eigenvalue weighted by atomic mass is 19.1. The molecule has 23 heavy (non-hydrogen) atoms. The lowest BCUT2D eigenvalue weighted by atomic mass is 9.89. The highest BCUT2D eigenvalue weighted by molar-refractivity contribution is 6.07. The number of imide groups is 1. The van der Waals surface area contributed by atoms with Gasteiger partial charge in [0, 0.05) is 0 Å². The molecule has 5 nitrogen and oxygen atoms in total. The quantitative estimate of drug-likeness (QED) is 0.759. The van der Waals surface area contributed by atoms with Crippen molar-refractivity contribution >= 4 is 11.9 Å². The van der Waals surface area contributed by atoms with Crippen LogP contribution in [0, 0.1) is 5.82 Å². The molecule has 0 bridgehead atoms. The van der Waals surface area contributed by atoms with Crippen molar-refractivity contribution in [2.24, 2.45) is 0 Å². The van der Waals surface area contributed by atoms with Crippen molar-refractivity contribution in [1.82, 2.24) is 10.6 Å². The normalized spacial score (nSPS) is 21.7. The second-order valence-electron chi connectivity index (χ2n) is 5.64. The molecule has 1 saturated heterocycles. The Morgan fingerprint density at radius 1 is 1.00 bits per heavy atom. The summed E-state index contributed by atoms with van der Waals surface area (Å²) >= 11 is 0. The second kappa shape index (κ2) is 5.48. The number of aliphatic hydroxyl groups excluding tert-OH is 1. The zero-order valence-electron chi connectivity index (χ0n) is 12.3. The minimum atomic E-state index is -1.41. The van der Waals surface area contributed by atoms with Gasteiger partial charge in [-0.25, -0.2) is 9.18 Å². The van der Waals surface area contributed by atoms with E-state index >= 15 is 0 Å². The van der Waals surface area contributed by atoms with Crippen molar-refractivity contribution in [3.05, 3.63) is 59.9 Å². The Kier molecular flexibility index (Phi) is 3.61. The van der Waals surface area contributed by atoms with E-state index in [0.717, 1.165) is 11.1 Å². The van der Waals surface area contributed by atoms with E-state index in [1.165, 1.54) is 19.1 Å². The van der Waals surface area contributed by atoms with Crippen LogP contribution in [-0.4, -0.2) is 22.6 Å². The number of carbonyl (C=O) groups is 2. The van der Waals surface area contributed by atoms with Crippen LogP contribution in [0.25, 0.3) is 11.1 Å². The fourth-order valence-corrected chi connectivity index (χ4v) is 2.58. The van der Waals surface area contributed by atoms with E-state index in [9.17, 15) is 19.1 Å². The van der Waals surface area contributed by atoms with E-state index < -0.39 is 23.6 Å². The van der Waals surface area contributed by atoms with Gasteiger partial charge in [-0.2, -0.15) is 0 Å². The van der Waals surface area contributed by atoms with Gasteiger partial charge < -0.3 is 10.4 Å². The highest BCUT2D eigenvalue weighted by Gasteiger charge is 2.48. The van der Waals surface area contributed by atoms with Crippen LogP contribution in [-0.2, 0) is 4.79 Å². The summed E-state index contributed by atoms with van der Waals surface area (Å²) in [7, 11) is 0. The van der Waals surface area contributed by atoms with Gasteiger partial charge in [0.05, 0.1) is 0 Å². The summed E-state index contributed by atoms with van der Waals surface area (Å²) in [6.45, 7) is 1.46. The van der Waals surface area contributed by atoms with Crippen LogP contribution in [0.3, 0.4) is 0 Å². The average Bonchev–Trinajstić information content (AvgIpc) is 2.81. The Balaban J connectivity index is 1.86. The molecule has 1 aliphatic rings. The average molecular weight is 314 g/mol. The summed E-state index contributed by atoms with van der Waals surface area (Å²) in [6.07, 6.45) is -1.18. The van der Waals surface area contributed by atoms with Crippen LogP contribution in [0.15, 0.2) is 48.5 Å². The third-order valence-corrected chi connectivity index (χ3v) is 4.02. The molecular weight excluding hydrogens is 299 g/mol. The SMILES string of the molecule is CC1(C(O)c2ccc(-c3ccc(F)cc3)cc2)NC(=O)NC1=O. The number of halogens is 1. The van der Waals surface area contributed by atoms with E-state index in [1.54, 1.807) is 36.4 Å². The van der Waals surface area contributed by atoms with E-state index in [0.29, 0.717) is 5.56 Å². The second-order valence-corrected chi connectivity index (χ2v) is 5.64. The smallest absolute Gasteiger partial charge is 0.322 e. The lowest BCUT2D eigenvalue weighted by Crippen LogP contribution is -2.49. The number of amides is 3. The summed E-state index contributed by atoms with van der Waals surface area (Å²) in [5, 5.41) is 15.0. The molecule has 1 heterocycles. The topological polar surface area (TPSA) is 78.4 Å². The van der Waals surface area contributed by atoms with Crippen molar-refractivity contribution in [1.29, 1.82) is 0 Å². The first kappa shape index (κ1) is 15.2. The van der Waals surface area contributed by atoms with Crippen molar-refractivity contribution in [2.45, 2.75) is 18.6 Å². The van der Waals surface area contributed by atoms with Crippen LogP contribution in [0.2, 0.25) is 0 Å². The van der Waals surface area contributed by atoms with Gasteiger partial charge in [-0.05, 0) is 35.7 Å². The Labute approximate surface area is 132 Å². The third kappa shape index (κ3) is 2.68. The lowest BCUT2D eigenvalue weighted by molar-refractivity contribution is -0.127. The molecule has 3 amide bonds. The Bertz CT molecular complexity index is 758. The van der Waals surface area contributed by atoms with Crippen molar-refractivity contribution in [2.75, 3.05) is 0 Å². The Morgan fingerprint density at radius 2 is 1.52 bits per heavy atom. The van der Waals surface area contributed by atoms with Gasteiger partial charge in [-0.3, -0.25) is 10.1 Å². The molecule has 0 spiro atoms. The van der Waals surface area contributed by atoms with Gasteiger partial charge in [-0.1, -0.05) is 36.4 Å². The number of urea groups is 1. The maximum atomic E-state index is 13.0. The summed E-state index contributed by atoms with van der Waals surface area (Å²) in [5.74, 6) is -0.880. The molecule has 118 valence electrons. The van der Waals surface area contributed by atoms with Gasteiger partial charge >= 0.3 is 6.03 Å². The molecule has 0 aromatic heterocycles. The predicted molar refractivity (Wildman–Crippen MR) is 81.9 cm³/mol. The molecule has 0 saturated carbocycles. The number of nitrogens with one attached hydrogen (secondary N) is 2. The maximum Gasteiger partial charge on any atom is 0.322 e. The lowest BCUT2D eigenvalue weighted by Gasteiger charge is -2.27. The molecular formula is C17H15FN2O3. The maximum absolute atomic E-state index is 13.0. The van der Waals surface area contributed by atoms with E-state index in [2.05, 4.69) is 10.6 Å². The highest BCUT2D eigenvalue weighted by Crippen LogP contribution is 2.30. The van der Waals surface area contributed by atoms with Crippen molar-refractivity contribution in [3.63, 3.8) is 0 Å². The molecule has 1 fully saturated rings. The van der Waals surface area contributed by atoms with Gasteiger partial charge in [0.1, 0.15) is 17.5 Å². The number of carbonyl (C=O) groups excluding carboxylic acids is 2. The Hall–Kier alpha value is -2.73. The third-order valence-electron chi connectivity index (χ3n) is 4.02. The molecule has 3 rings (SSSR count). The van der Waals surface area contributed by atoms with E-state index in [-0.39, 0.29) is 5.82 Å². The molecule has 2 atom stereocenters. The molecule has 3 N–H and O–H groups in total. The summed E-state index contributed by atoms with van der Waals surface area (Å²) < 4.78 is 13.0. The molecule has 0 aliphatic carbocycles. The Morgan fingerprint density at radius 3 is 2.00 bits per heavy atom.